The third kappa shape index (κ3) is 6.17. The number of carbonyl (C=O) groups excluding carboxylic acids is 1. The van der Waals surface area contributed by atoms with Gasteiger partial charge in [-0.15, -0.1) is 0 Å². The van der Waals surface area contributed by atoms with Gasteiger partial charge in [-0.05, 0) is 56.0 Å². The highest BCUT2D eigenvalue weighted by molar-refractivity contribution is 5.91. The lowest BCUT2D eigenvalue weighted by Crippen LogP contribution is -2.31. The van der Waals surface area contributed by atoms with E-state index in [0.717, 1.165) is 23.6 Å². The standard InChI is InChI=1S/C20H21N7O2.C6H4F2/c1-3-26-19-17(18(21)22-12-23-19)16(25-26)8-6-14-11-15(7-5-13(14)2)24-20(28)27-9-4-10-29-27;7-5-2-1-3-6(8)4-5/h5,7,11-12H,3-4,9-10H2,1-2H3,(H,24,28)(H2,21,22,23);1-4H. The molecule has 1 aliphatic rings. The third-order valence-electron chi connectivity index (χ3n) is 5.43. The topological polar surface area (TPSA) is 111 Å². The summed E-state index contributed by atoms with van der Waals surface area (Å²) in [5.74, 6) is 5.50. The molecule has 0 spiro atoms. The lowest BCUT2D eigenvalue weighted by Gasteiger charge is -2.15. The average Bonchev–Trinajstić information content (AvgIpc) is 3.54. The van der Waals surface area contributed by atoms with Crippen LogP contribution in [0, 0.1) is 30.4 Å². The summed E-state index contributed by atoms with van der Waals surface area (Å²) in [5.41, 5.74) is 9.62. The van der Waals surface area contributed by atoms with Gasteiger partial charge >= 0.3 is 6.03 Å². The molecular formula is C26H25F2N7O2. The number of fused-ring (bicyclic) bond motifs is 1. The summed E-state index contributed by atoms with van der Waals surface area (Å²) in [7, 11) is 0. The fraction of sp³-hybridized carbons (Fsp3) is 0.231. The maximum absolute atomic E-state index is 12.2. The van der Waals surface area contributed by atoms with E-state index in [9.17, 15) is 13.6 Å². The van der Waals surface area contributed by atoms with Crippen LogP contribution in [0.15, 0.2) is 48.8 Å². The van der Waals surface area contributed by atoms with Crippen LogP contribution in [-0.2, 0) is 11.4 Å². The van der Waals surface area contributed by atoms with Crippen molar-refractivity contribution in [2.75, 3.05) is 24.2 Å². The van der Waals surface area contributed by atoms with Gasteiger partial charge in [-0.3, -0.25) is 4.84 Å². The quantitative estimate of drug-likeness (QED) is 0.394. The Morgan fingerprint density at radius 3 is 2.59 bits per heavy atom. The van der Waals surface area contributed by atoms with Crippen LogP contribution >= 0.6 is 0 Å². The summed E-state index contributed by atoms with van der Waals surface area (Å²) in [4.78, 5) is 25.8. The largest absolute Gasteiger partial charge is 0.383 e. The number of nitrogen functional groups attached to an aromatic ring is 1. The van der Waals surface area contributed by atoms with Crippen LogP contribution in [-0.4, -0.2) is 44.0 Å². The van der Waals surface area contributed by atoms with Crippen molar-refractivity contribution < 1.29 is 18.4 Å². The molecule has 1 saturated heterocycles. The molecule has 0 radical (unpaired) electrons. The van der Waals surface area contributed by atoms with Crippen molar-refractivity contribution in [3.05, 3.63) is 77.2 Å². The number of nitrogens with one attached hydrogen (secondary N) is 1. The second-order valence-corrected chi connectivity index (χ2v) is 8.06. The van der Waals surface area contributed by atoms with Gasteiger partial charge in [0.25, 0.3) is 0 Å². The number of aromatic nitrogens is 4. The van der Waals surface area contributed by atoms with Gasteiger partial charge < -0.3 is 11.1 Å². The van der Waals surface area contributed by atoms with Crippen LogP contribution in [0.4, 0.5) is 25.1 Å². The smallest absolute Gasteiger partial charge is 0.345 e. The molecule has 5 rings (SSSR count). The first-order valence-corrected chi connectivity index (χ1v) is 11.6. The van der Waals surface area contributed by atoms with Crippen molar-refractivity contribution in [2.45, 2.75) is 26.8 Å². The van der Waals surface area contributed by atoms with Gasteiger partial charge in [0.2, 0.25) is 0 Å². The maximum atomic E-state index is 12.2. The number of anilines is 2. The minimum absolute atomic E-state index is 0.289. The molecule has 1 fully saturated rings. The molecule has 0 saturated carbocycles. The number of halogens is 2. The molecule has 3 N–H and O–H groups in total. The van der Waals surface area contributed by atoms with Crippen LogP contribution in [0.25, 0.3) is 11.0 Å². The van der Waals surface area contributed by atoms with Gasteiger partial charge in [-0.25, -0.2) is 33.3 Å². The second kappa shape index (κ2) is 11.5. The highest BCUT2D eigenvalue weighted by Crippen LogP contribution is 2.21. The number of rotatable bonds is 2. The molecule has 190 valence electrons. The molecule has 4 aromatic rings. The number of aryl methyl sites for hydroxylation is 2. The normalized spacial score (nSPS) is 12.5. The molecule has 0 unspecified atom stereocenters. The molecular weight excluding hydrogens is 480 g/mol. The number of urea groups is 1. The molecule has 0 aliphatic carbocycles. The number of hydrogen-bond donors (Lipinski definition) is 2. The number of hydrogen-bond acceptors (Lipinski definition) is 6. The Bertz CT molecular complexity index is 1470. The van der Waals surface area contributed by atoms with Crippen molar-refractivity contribution in [3.8, 4) is 11.8 Å². The van der Waals surface area contributed by atoms with E-state index in [1.54, 1.807) is 4.68 Å². The first-order chi connectivity index (χ1) is 17.9. The monoisotopic (exact) mass is 505 g/mol. The number of nitrogens with two attached hydrogens (primary N) is 1. The summed E-state index contributed by atoms with van der Waals surface area (Å²) in [6.45, 7) is 5.72. The van der Waals surface area contributed by atoms with E-state index in [0.29, 0.717) is 47.9 Å². The predicted octanol–water partition coefficient (Wildman–Crippen LogP) is 4.27. The van der Waals surface area contributed by atoms with Crippen LogP contribution < -0.4 is 11.1 Å². The highest BCUT2D eigenvalue weighted by atomic mass is 19.1. The Morgan fingerprint density at radius 2 is 1.95 bits per heavy atom. The van der Waals surface area contributed by atoms with E-state index in [-0.39, 0.29) is 6.03 Å². The zero-order valence-electron chi connectivity index (χ0n) is 20.3. The number of amides is 2. The van der Waals surface area contributed by atoms with Gasteiger partial charge in [0, 0.05) is 23.9 Å². The molecule has 2 amide bonds. The predicted molar refractivity (Wildman–Crippen MR) is 135 cm³/mol. The summed E-state index contributed by atoms with van der Waals surface area (Å²) < 4.78 is 25.6. The molecule has 1 aliphatic heterocycles. The minimum atomic E-state index is -0.537. The second-order valence-electron chi connectivity index (χ2n) is 8.06. The average molecular weight is 506 g/mol. The molecule has 0 bridgehead atoms. The van der Waals surface area contributed by atoms with Gasteiger partial charge in [0.15, 0.2) is 5.65 Å². The number of hydroxylamine groups is 2. The molecule has 3 heterocycles. The summed E-state index contributed by atoms with van der Waals surface area (Å²) in [5, 5.41) is 9.32. The number of carbonyl (C=O) groups is 1. The first-order valence-electron chi connectivity index (χ1n) is 11.6. The van der Waals surface area contributed by atoms with Crippen molar-refractivity contribution >= 4 is 28.6 Å². The Kier molecular flexibility index (Phi) is 7.90. The Morgan fingerprint density at radius 1 is 1.16 bits per heavy atom. The van der Waals surface area contributed by atoms with E-state index in [1.165, 1.54) is 29.6 Å². The van der Waals surface area contributed by atoms with Gasteiger partial charge in [-0.2, -0.15) is 5.10 Å². The Balaban J connectivity index is 0.000000342. The van der Waals surface area contributed by atoms with Crippen LogP contribution in [0.1, 0.15) is 30.2 Å². The van der Waals surface area contributed by atoms with E-state index >= 15 is 0 Å². The minimum Gasteiger partial charge on any atom is -0.383 e. The summed E-state index contributed by atoms with van der Waals surface area (Å²) in [6, 6.07) is 9.83. The van der Waals surface area contributed by atoms with Crippen LogP contribution in [0.2, 0.25) is 0 Å². The molecule has 2 aromatic carbocycles. The van der Waals surface area contributed by atoms with Crippen LogP contribution in [0.5, 0.6) is 0 Å². The van der Waals surface area contributed by atoms with Gasteiger partial charge in [0.1, 0.15) is 29.5 Å². The van der Waals surface area contributed by atoms with Gasteiger partial charge in [-0.1, -0.05) is 18.1 Å². The van der Waals surface area contributed by atoms with E-state index in [4.69, 9.17) is 10.6 Å². The summed E-state index contributed by atoms with van der Waals surface area (Å²) >= 11 is 0. The molecule has 11 heteroatoms. The summed E-state index contributed by atoms with van der Waals surface area (Å²) in [6.07, 6.45) is 2.26. The molecule has 9 nitrogen and oxygen atoms in total. The molecule has 0 atom stereocenters. The molecule has 37 heavy (non-hydrogen) atoms. The highest BCUT2D eigenvalue weighted by Gasteiger charge is 2.19. The van der Waals surface area contributed by atoms with E-state index in [2.05, 4.69) is 32.2 Å². The Labute approximate surface area is 212 Å². The maximum Gasteiger partial charge on any atom is 0.345 e. The third-order valence-corrected chi connectivity index (χ3v) is 5.43. The Hall–Kier alpha value is -4.56. The van der Waals surface area contributed by atoms with Crippen molar-refractivity contribution in [1.29, 1.82) is 0 Å². The van der Waals surface area contributed by atoms with Crippen LogP contribution in [0.3, 0.4) is 0 Å². The van der Waals surface area contributed by atoms with Crippen molar-refractivity contribution in [3.63, 3.8) is 0 Å². The zero-order valence-corrected chi connectivity index (χ0v) is 20.3. The lowest BCUT2D eigenvalue weighted by atomic mass is 10.1. The lowest BCUT2D eigenvalue weighted by molar-refractivity contribution is -0.0614. The van der Waals surface area contributed by atoms with Crippen molar-refractivity contribution in [2.24, 2.45) is 0 Å². The fourth-order valence-corrected chi connectivity index (χ4v) is 3.55. The molecule has 2 aromatic heterocycles. The van der Waals surface area contributed by atoms with E-state index in [1.807, 2.05) is 32.0 Å². The SMILES string of the molecule is CCn1nc(C#Cc2cc(NC(=O)N3CCCO3)ccc2C)c2c(N)ncnc21.Fc1cccc(F)c1. The number of benzene rings is 2. The van der Waals surface area contributed by atoms with Crippen molar-refractivity contribution in [1.82, 2.24) is 24.8 Å². The number of nitrogens with zero attached hydrogens (tertiary/aromatic N) is 5. The van der Waals surface area contributed by atoms with Gasteiger partial charge in [0.05, 0.1) is 18.5 Å². The van der Waals surface area contributed by atoms with E-state index < -0.39 is 11.6 Å². The zero-order chi connectivity index (χ0) is 26.4. The first kappa shape index (κ1) is 25.5. The fourth-order valence-electron chi connectivity index (χ4n) is 3.55.